The van der Waals surface area contributed by atoms with Crippen molar-refractivity contribution in [3.63, 3.8) is 0 Å². The summed E-state index contributed by atoms with van der Waals surface area (Å²) in [4.78, 5) is 30.6. The van der Waals surface area contributed by atoms with Gasteiger partial charge in [-0.25, -0.2) is 9.50 Å². The lowest BCUT2D eigenvalue weighted by atomic mass is 10.1. The summed E-state index contributed by atoms with van der Waals surface area (Å²) in [5.74, 6) is 0.150. The van der Waals surface area contributed by atoms with Crippen molar-refractivity contribution in [2.45, 2.75) is 33.2 Å². The Hall–Kier alpha value is -3.20. The van der Waals surface area contributed by atoms with E-state index in [0.717, 1.165) is 22.7 Å². The maximum absolute atomic E-state index is 12.9. The third-order valence-electron chi connectivity index (χ3n) is 4.91. The maximum Gasteiger partial charge on any atom is 0.254 e. The number of fused-ring (bicyclic) bond motifs is 1. The van der Waals surface area contributed by atoms with Gasteiger partial charge in [0, 0.05) is 31.5 Å². The van der Waals surface area contributed by atoms with Gasteiger partial charge in [-0.1, -0.05) is 0 Å². The molecule has 0 fully saturated rings. The van der Waals surface area contributed by atoms with Crippen LogP contribution in [-0.2, 0) is 22.5 Å². The zero-order valence-electron chi connectivity index (χ0n) is 16.8. The Morgan fingerprint density at radius 2 is 2.14 bits per heavy atom. The van der Waals surface area contributed by atoms with Gasteiger partial charge in [0.1, 0.15) is 11.3 Å². The molecule has 0 saturated carbocycles. The van der Waals surface area contributed by atoms with Gasteiger partial charge in [0.05, 0.1) is 25.6 Å². The molecule has 154 valence electrons. The first kappa shape index (κ1) is 20.5. The quantitative estimate of drug-likeness (QED) is 0.585. The lowest BCUT2D eigenvalue weighted by Gasteiger charge is -2.22. The number of carbonyl (C=O) groups is 2. The minimum atomic E-state index is -0.569. The van der Waals surface area contributed by atoms with E-state index in [4.69, 9.17) is 14.9 Å². The summed E-state index contributed by atoms with van der Waals surface area (Å²) in [5.41, 5.74) is 8.61. The van der Waals surface area contributed by atoms with Crippen LogP contribution in [0, 0.1) is 13.8 Å². The number of methoxy groups -OCH3 is 1. The third kappa shape index (κ3) is 4.45. The standard InChI is InChI=1S/C20H25N5O4/c1-13-16(14(2)25-20(23-13)17(11-22-25)19(21)27)6-7-18(26)24(8-10-28-3)12-15-5-4-9-29-15/h4-5,9,11H,6-8,10,12H2,1-3H3,(H2,21,27). The van der Waals surface area contributed by atoms with Crippen LogP contribution in [0.5, 0.6) is 0 Å². The Bertz CT molecular complexity index is 1010. The highest BCUT2D eigenvalue weighted by molar-refractivity contribution is 5.98. The number of primary amides is 1. The predicted octanol–water partition coefficient (Wildman–Crippen LogP) is 1.65. The number of carbonyl (C=O) groups excluding carboxylic acids is 2. The van der Waals surface area contributed by atoms with Crippen molar-refractivity contribution in [1.82, 2.24) is 19.5 Å². The van der Waals surface area contributed by atoms with Gasteiger partial charge in [-0.2, -0.15) is 5.10 Å². The molecule has 3 aromatic heterocycles. The van der Waals surface area contributed by atoms with Crippen LogP contribution in [0.3, 0.4) is 0 Å². The molecule has 3 rings (SSSR count). The summed E-state index contributed by atoms with van der Waals surface area (Å²) in [7, 11) is 1.60. The number of nitrogens with zero attached hydrogens (tertiary/aromatic N) is 4. The highest BCUT2D eigenvalue weighted by Gasteiger charge is 2.19. The highest BCUT2D eigenvalue weighted by Crippen LogP contribution is 2.19. The van der Waals surface area contributed by atoms with Gasteiger partial charge >= 0.3 is 0 Å². The molecule has 3 heterocycles. The molecule has 0 radical (unpaired) electrons. The summed E-state index contributed by atoms with van der Waals surface area (Å²) in [6.07, 6.45) is 3.82. The highest BCUT2D eigenvalue weighted by atomic mass is 16.5. The van der Waals surface area contributed by atoms with Gasteiger partial charge < -0.3 is 19.8 Å². The molecular formula is C20H25N5O4. The molecule has 0 saturated heterocycles. The topological polar surface area (TPSA) is 116 Å². The van der Waals surface area contributed by atoms with Gasteiger partial charge in [-0.15, -0.1) is 0 Å². The average molecular weight is 399 g/mol. The Labute approximate surface area is 168 Å². The lowest BCUT2D eigenvalue weighted by Crippen LogP contribution is -2.33. The van der Waals surface area contributed by atoms with E-state index in [2.05, 4.69) is 10.1 Å². The minimum absolute atomic E-state index is 0.00404. The second-order valence-corrected chi connectivity index (χ2v) is 6.81. The molecule has 9 nitrogen and oxygen atoms in total. The number of hydrogen-bond acceptors (Lipinski definition) is 6. The van der Waals surface area contributed by atoms with Crippen molar-refractivity contribution in [2.75, 3.05) is 20.3 Å². The van der Waals surface area contributed by atoms with Gasteiger partial charge in [0.2, 0.25) is 5.91 Å². The van der Waals surface area contributed by atoms with Crippen LogP contribution < -0.4 is 5.73 Å². The van der Waals surface area contributed by atoms with Gasteiger partial charge in [0.15, 0.2) is 5.65 Å². The molecule has 0 spiro atoms. The van der Waals surface area contributed by atoms with Crippen molar-refractivity contribution in [3.05, 3.63) is 52.9 Å². The van der Waals surface area contributed by atoms with E-state index in [9.17, 15) is 9.59 Å². The van der Waals surface area contributed by atoms with Crippen LogP contribution in [0.1, 0.15) is 39.5 Å². The fraction of sp³-hybridized carbons (Fsp3) is 0.400. The number of ether oxygens (including phenoxy) is 1. The summed E-state index contributed by atoms with van der Waals surface area (Å²) in [6, 6.07) is 3.64. The first-order valence-electron chi connectivity index (χ1n) is 9.35. The van der Waals surface area contributed by atoms with Crippen LogP contribution in [0.25, 0.3) is 5.65 Å². The van der Waals surface area contributed by atoms with E-state index in [1.165, 1.54) is 6.20 Å². The summed E-state index contributed by atoms with van der Waals surface area (Å²) >= 11 is 0. The van der Waals surface area contributed by atoms with E-state index in [0.29, 0.717) is 38.2 Å². The molecule has 0 aliphatic carbocycles. The van der Waals surface area contributed by atoms with Crippen molar-refractivity contribution in [1.29, 1.82) is 0 Å². The number of nitrogens with two attached hydrogens (primary N) is 1. The molecule has 0 aliphatic rings. The Kier molecular flexibility index (Phi) is 6.28. The van der Waals surface area contributed by atoms with E-state index < -0.39 is 5.91 Å². The van der Waals surface area contributed by atoms with Crippen molar-refractivity contribution in [2.24, 2.45) is 5.73 Å². The van der Waals surface area contributed by atoms with Crippen LogP contribution in [0.4, 0.5) is 0 Å². The largest absolute Gasteiger partial charge is 0.467 e. The smallest absolute Gasteiger partial charge is 0.254 e. The first-order valence-corrected chi connectivity index (χ1v) is 9.35. The van der Waals surface area contributed by atoms with E-state index in [1.807, 2.05) is 19.9 Å². The fourth-order valence-electron chi connectivity index (χ4n) is 3.32. The molecule has 0 unspecified atom stereocenters. The summed E-state index contributed by atoms with van der Waals surface area (Å²) in [6.45, 7) is 5.07. The predicted molar refractivity (Wildman–Crippen MR) is 105 cm³/mol. The second-order valence-electron chi connectivity index (χ2n) is 6.81. The maximum atomic E-state index is 12.9. The molecule has 0 aromatic carbocycles. The zero-order chi connectivity index (χ0) is 21.0. The lowest BCUT2D eigenvalue weighted by molar-refractivity contribution is -0.132. The first-order chi connectivity index (χ1) is 13.9. The van der Waals surface area contributed by atoms with Gasteiger partial charge in [0.25, 0.3) is 5.91 Å². The number of furan rings is 1. The van der Waals surface area contributed by atoms with Gasteiger partial charge in [-0.05, 0) is 38.0 Å². The van der Waals surface area contributed by atoms with Crippen LogP contribution in [-0.4, -0.2) is 51.6 Å². The zero-order valence-corrected chi connectivity index (χ0v) is 16.8. The molecule has 29 heavy (non-hydrogen) atoms. The number of aromatic nitrogens is 3. The van der Waals surface area contributed by atoms with E-state index in [1.54, 1.807) is 28.9 Å². The van der Waals surface area contributed by atoms with Crippen molar-refractivity contribution >= 4 is 17.5 Å². The third-order valence-corrected chi connectivity index (χ3v) is 4.91. The summed E-state index contributed by atoms with van der Waals surface area (Å²) in [5, 5.41) is 4.22. The van der Waals surface area contributed by atoms with Crippen LogP contribution in [0.15, 0.2) is 29.0 Å². The van der Waals surface area contributed by atoms with E-state index in [-0.39, 0.29) is 11.5 Å². The Balaban J connectivity index is 1.77. The van der Waals surface area contributed by atoms with E-state index >= 15 is 0 Å². The minimum Gasteiger partial charge on any atom is -0.467 e. The number of amides is 2. The van der Waals surface area contributed by atoms with Crippen molar-refractivity contribution < 1.29 is 18.7 Å². The molecule has 9 heteroatoms. The second kappa shape index (κ2) is 8.87. The summed E-state index contributed by atoms with van der Waals surface area (Å²) < 4.78 is 12.1. The SMILES string of the molecule is COCCN(Cc1ccco1)C(=O)CCc1c(C)nc2c(C(N)=O)cnn2c1C. The molecule has 3 aromatic rings. The number of hydrogen-bond donors (Lipinski definition) is 1. The monoisotopic (exact) mass is 399 g/mol. The molecule has 0 aliphatic heterocycles. The van der Waals surface area contributed by atoms with Crippen LogP contribution in [0.2, 0.25) is 0 Å². The molecule has 2 N–H and O–H groups in total. The van der Waals surface area contributed by atoms with Crippen LogP contribution >= 0.6 is 0 Å². The number of aryl methyl sites for hydroxylation is 2. The number of rotatable bonds is 9. The Morgan fingerprint density at radius 1 is 1.34 bits per heavy atom. The average Bonchev–Trinajstić information content (AvgIpc) is 3.34. The molecular weight excluding hydrogens is 374 g/mol. The normalized spacial score (nSPS) is 11.1. The molecule has 2 amide bonds. The fourth-order valence-corrected chi connectivity index (χ4v) is 3.32. The molecule has 0 atom stereocenters. The van der Waals surface area contributed by atoms with Crippen molar-refractivity contribution in [3.8, 4) is 0 Å². The van der Waals surface area contributed by atoms with Gasteiger partial charge in [-0.3, -0.25) is 9.59 Å². The Morgan fingerprint density at radius 3 is 2.79 bits per heavy atom. The molecule has 0 bridgehead atoms.